The molecule has 10 heteroatoms. The van der Waals surface area contributed by atoms with E-state index in [1.165, 1.54) is 11.9 Å². The van der Waals surface area contributed by atoms with Gasteiger partial charge < -0.3 is 10.2 Å². The molecule has 0 aliphatic carbocycles. The molecule has 1 N–H and O–H groups in total. The van der Waals surface area contributed by atoms with E-state index in [0.29, 0.717) is 5.69 Å². The smallest absolute Gasteiger partial charge is 0.244 e. The predicted molar refractivity (Wildman–Crippen MR) is 129 cm³/mol. The molecule has 7 nitrogen and oxygen atoms in total. The van der Waals surface area contributed by atoms with Gasteiger partial charge in [0.25, 0.3) is 0 Å². The second-order valence-corrected chi connectivity index (χ2v) is 10.8. The summed E-state index contributed by atoms with van der Waals surface area (Å²) in [7, 11) is -2.25. The Labute approximate surface area is 200 Å². The minimum absolute atomic E-state index is 0.164. The highest BCUT2D eigenvalue weighted by molar-refractivity contribution is 9.10. The molecule has 31 heavy (non-hydrogen) atoms. The van der Waals surface area contributed by atoms with Crippen molar-refractivity contribution in [1.82, 2.24) is 10.2 Å². The zero-order chi connectivity index (χ0) is 23.3. The molecule has 2 amide bonds. The number of nitrogens with zero attached hydrogens (tertiary/aromatic N) is 2. The molecule has 0 saturated carbocycles. The Morgan fingerprint density at radius 2 is 1.71 bits per heavy atom. The lowest BCUT2D eigenvalue weighted by atomic mass is 10.1. The molecule has 0 aliphatic rings. The third-order valence-corrected chi connectivity index (χ3v) is 7.35. The van der Waals surface area contributed by atoms with Gasteiger partial charge in [-0.15, -0.1) is 0 Å². The number of sulfonamides is 1. The van der Waals surface area contributed by atoms with Gasteiger partial charge in [-0.25, -0.2) is 8.42 Å². The lowest BCUT2D eigenvalue weighted by Crippen LogP contribution is -2.50. The fraction of sp³-hybridized carbons (Fsp3) is 0.333. The zero-order valence-corrected chi connectivity index (χ0v) is 21.7. The van der Waals surface area contributed by atoms with E-state index in [1.807, 2.05) is 31.2 Å². The Morgan fingerprint density at radius 1 is 1.10 bits per heavy atom. The molecular weight excluding hydrogens is 550 g/mol. The maximum Gasteiger partial charge on any atom is 0.244 e. The van der Waals surface area contributed by atoms with E-state index in [0.717, 1.165) is 30.6 Å². The summed E-state index contributed by atoms with van der Waals surface area (Å²) in [6.45, 7) is 3.20. The fourth-order valence-corrected chi connectivity index (χ4v) is 4.33. The summed E-state index contributed by atoms with van der Waals surface area (Å²) < 4.78 is 27.8. The van der Waals surface area contributed by atoms with Crippen molar-refractivity contribution in [3.8, 4) is 0 Å². The average Bonchev–Trinajstić information content (AvgIpc) is 2.71. The summed E-state index contributed by atoms with van der Waals surface area (Å²) in [4.78, 5) is 26.9. The van der Waals surface area contributed by atoms with Crippen LogP contribution in [0.1, 0.15) is 18.1 Å². The van der Waals surface area contributed by atoms with Gasteiger partial charge in [0.15, 0.2) is 0 Å². The number of anilines is 1. The van der Waals surface area contributed by atoms with E-state index in [1.54, 1.807) is 25.1 Å². The molecule has 1 atom stereocenters. The van der Waals surface area contributed by atoms with Crippen molar-refractivity contribution in [3.63, 3.8) is 0 Å². The number of benzene rings is 2. The number of nitrogens with one attached hydrogen (secondary N) is 1. The minimum atomic E-state index is -3.74. The van der Waals surface area contributed by atoms with Gasteiger partial charge in [0.05, 0.1) is 11.9 Å². The van der Waals surface area contributed by atoms with Gasteiger partial charge in [-0.3, -0.25) is 13.9 Å². The molecule has 0 bridgehead atoms. The van der Waals surface area contributed by atoms with Gasteiger partial charge in [-0.05, 0) is 55.3 Å². The summed E-state index contributed by atoms with van der Waals surface area (Å²) >= 11 is 6.77. The Balaban J connectivity index is 2.39. The number of aryl methyl sites for hydroxylation is 1. The molecule has 0 fully saturated rings. The summed E-state index contributed by atoms with van der Waals surface area (Å²) in [6, 6.07) is 11.6. The largest absolute Gasteiger partial charge is 0.357 e. The highest BCUT2D eigenvalue weighted by atomic mass is 79.9. The lowest BCUT2D eigenvalue weighted by Gasteiger charge is -2.31. The van der Waals surface area contributed by atoms with Crippen molar-refractivity contribution in [3.05, 3.63) is 62.5 Å². The topological polar surface area (TPSA) is 86.8 Å². The molecule has 2 aromatic carbocycles. The first-order valence-corrected chi connectivity index (χ1v) is 12.9. The summed E-state index contributed by atoms with van der Waals surface area (Å²) in [5.74, 6) is -0.819. The monoisotopic (exact) mass is 573 g/mol. The molecule has 0 unspecified atom stereocenters. The Kier molecular flexibility index (Phi) is 8.67. The normalized spacial score (nSPS) is 12.2. The molecule has 0 radical (unpaired) electrons. The van der Waals surface area contributed by atoms with E-state index in [2.05, 4.69) is 37.2 Å². The third-order valence-electron chi connectivity index (χ3n) is 4.79. The Hall–Kier alpha value is -1.91. The molecule has 2 rings (SSSR count). The number of likely N-dealkylation sites (N-methyl/N-ethyl adjacent to an activating group) is 1. The minimum Gasteiger partial charge on any atom is -0.357 e. The first-order chi connectivity index (χ1) is 14.4. The highest BCUT2D eigenvalue weighted by Crippen LogP contribution is 2.25. The summed E-state index contributed by atoms with van der Waals surface area (Å²) in [6.07, 6.45) is 1.05. The van der Waals surface area contributed by atoms with E-state index < -0.39 is 28.5 Å². The number of hydrogen-bond donors (Lipinski definition) is 1. The zero-order valence-electron chi connectivity index (χ0n) is 17.7. The van der Waals surface area contributed by atoms with E-state index in [-0.39, 0.29) is 12.5 Å². The first-order valence-electron chi connectivity index (χ1n) is 9.43. The Bertz CT molecular complexity index is 1060. The van der Waals surface area contributed by atoms with Crippen LogP contribution in [0.5, 0.6) is 0 Å². The van der Waals surface area contributed by atoms with Crippen molar-refractivity contribution in [2.24, 2.45) is 0 Å². The molecule has 2 aromatic rings. The molecule has 0 aromatic heterocycles. The van der Waals surface area contributed by atoms with Crippen LogP contribution in [0.25, 0.3) is 0 Å². The molecule has 0 aliphatic heterocycles. The second-order valence-electron chi connectivity index (χ2n) is 7.14. The average molecular weight is 575 g/mol. The quantitative estimate of drug-likeness (QED) is 0.523. The first kappa shape index (κ1) is 25.4. The number of hydrogen-bond acceptors (Lipinski definition) is 4. The van der Waals surface area contributed by atoms with Crippen molar-refractivity contribution < 1.29 is 18.0 Å². The summed E-state index contributed by atoms with van der Waals surface area (Å²) in [5, 5.41) is 2.55. The molecule has 168 valence electrons. The molecule has 0 heterocycles. The van der Waals surface area contributed by atoms with Gasteiger partial charge in [0.1, 0.15) is 12.6 Å². The molecule has 0 spiro atoms. The van der Waals surface area contributed by atoms with E-state index in [9.17, 15) is 18.0 Å². The van der Waals surface area contributed by atoms with Crippen LogP contribution in [0, 0.1) is 6.92 Å². The van der Waals surface area contributed by atoms with Crippen molar-refractivity contribution in [2.45, 2.75) is 26.4 Å². The van der Waals surface area contributed by atoms with Crippen molar-refractivity contribution >= 4 is 59.4 Å². The van der Waals surface area contributed by atoms with Crippen LogP contribution in [-0.4, -0.2) is 51.0 Å². The second kappa shape index (κ2) is 10.6. The third kappa shape index (κ3) is 6.78. The van der Waals surface area contributed by atoms with Crippen molar-refractivity contribution in [1.29, 1.82) is 0 Å². The van der Waals surface area contributed by atoms with Crippen LogP contribution in [-0.2, 0) is 26.2 Å². The Morgan fingerprint density at radius 3 is 2.23 bits per heavy atom. The van der Waals surface area contributed by atoms with Crippen molar-refractivity contribution in [2.75, 3.05) is 24.2 Å². The van der Waals surface area contributed by atoms with Crippen LogP contribution >= 0.6 is 31.9 Å². The number of halogens is 2. The molecule has 0 saturated heterocycles. The van der Waals surface area contributed by atoms with Gasteiger partial charge in [-0.2, -0.15) is 0 Å². The standard InChI is InChI=1S/C21H25Br2N3O4S/c1-14-11-18(9-10-19(14)23)26(31(4,29)30)13-20(27)25(15(2)21(28)24-3)12-16-5-7-17(22)8-6-16/h5-11,15H,12-13H2,1-4H3,(H,24,28)/t15-/m0/s1. The number of carbonyl (C=O) groups excluding carboxylic acids is 2. The van der Waals surface area contributed by atoms with Gasteiger partial charge in [-0.1, -0.05) is 44.0 Å². The van der Waals surface area contributed by atoms with Gasteiger partial charge in [0, 0.05) is 22.5 Å². The molecular formula is C21H25Br2N3O4S. The van der Waals surface area contributed by atoms with Crippen LogP contribution < -0.4 is 9.62 Å². The van der Waals surface area contributed by atoms with Crippen LogP contribution in [0.3, 0.4) is 0 Å². The fourth-order valence-electron chi connectivity index (χ4n) is 2.98. The predicted octanol–water partition coefficient (Wildman–Crippen LogP) is 3.45. The van der Waals surface area contributed by atoms with Gasteiger partial charge >= 0.3 is 0 Å². The maximum absolute atomic E-state index is 13.3. The summed E-state index contributed by atoms with van der Waals surface area (Å²) in [5.41, 5.74) is 2.04. The van der Waals surface area contributed by atoms with Crippen LogP contribution in [0.4, 0.5) is 5.69 Å². The lowest BCUT2D eigenvalue weighted by molar-refractivity contribution is -0.139. The SMILES string of the molecule is CNC(=O)[C@H](C)N(Cc1ccc(Br)cc1)C(=O)CN(c1ccc(Br)c(C)c1)S(C)(=O)=O. The maximum atomic E-state index is 13.3. The van der Waals surface area contributed by atoms with E-state index in [4.69, 9.17) is 0 Å². The van der Waals surface area contributed by atoms with E-state index >= 15 is 0 Å². The van der Waals surface area contributed by atoms with Crippen LogP contribution in [0.15, 0.2) is 51.4 Å². The highest BCUT2D eigenvalue weighted by Gasteiger charge is 2.29. The van der Waals surface area contributed by atoms with Crippen LogP contribution in [0.2, 0.25) is 0 Å². The number of rotatable bonds is 8. The van der Waals surface area contributed by atoms with Gasteiger partial charge in [0.2, 0.25) is 21.8 Å². The number of carbonyl (C=O) groups is 2. The number of amides is 2.